The van der Waals surface area contributed by atoms with Crippen LogP contribution >= 0.6 is 15.9 Å². The molecule has 0 spiro atoms. The topological polar surface area (TPSA) is 72.2 Å². The van der Waals surface area contributed by atoms with Crippen molar-refractivity contribution in [2.75, 3.05) is 5.32 Å². The molecule has 6 heteroatoms. The van der Waals surface area contributed by atoms with Crippen molar-refractivity contribution >= 4 is 33.2 Å². The lowest BCUT2D eigenvalue weighted by molar-refractivity contribution is -0.385. The highest BCUT2D eigenvalue weighted by Gasteiger charge is 2.13. The molecule has 0 aliphatic heterocycles. The highest BCUT2D eigenvalue weighted by molar-refractivity contribution is 9.10. The van der Waals surface area contributed by atoms with Crippen LogP contribution in [0.25, 0.3) is 0 Å². The zero-order valence-electron chi connectivity index (χ0n) is 8.86. The summed E-state index contributed by atoms with van der Waals surface area (Å²) < 4.78 is 0. The summed E-state index contributed by atoms with van der Waals surface area (Å²) in [6, 6.07) is 4.59. The van der Waals surface area contributed by atoms with Gasteiger partial charge in [0.2, 0.25) is 5.91 Å². The van der Waals surface area contributed by atoms with Crippen LogP contribution < -0.4 is 5.32 Å². The fourth-order valence-electron chi connectivity index (χ4n) is 1.13. The molecule has 0 unspecified atom stereocenters. The van der Waals surface area contributed by atoms with Gasteiger partial charge in [-0.25, -0.2) is 0 Å². The van der Waals surface area contributed by atoms with Crippen LogP contribution in [-0.4, -0.2) is 15.7 Å². The minimum atomic E-state index is -0.470. The Hall–Kier alpha value is -1.43. The van der Waals surface area contributed by atoms with Gasteiger partial charge in [0.15, 0.2) is 0 Å². The summed E-state index contributed by atoms with van der Waals surface area (Å²) >= 11 is 3.11. The molecule has 16 heavy (non-hydrogen) atoms. The van der Waals surface area contributed by atoms with E-state index in [1.807, 2.05) is 0 Å². The summed E-state index contributed by atoms with van der Waals surface area (Å²) in [5, 5.41) is 13.3. The monoisotopic (exact) mass is 286 g/mol. The Kier molecular flexibility index (Phi) is 4.00. The van der Waals surface area contributed by atoms with Gasteiger partial charge in [-0.1, -0.05) is 22.0 Å². The molecule has 1 rings (SSSR count). The second-order valence-electron chi connectivity index (χ2n) is 3.36. The van der Waals surface area contributed by atoms with Gasteiger partial charge in [-0.05, 0) is 19.9 Å². The van der Waals surface area contributed by atoms with Crippen molar-refractivity contribution in [3.63, 3.8) is 0 Å². The first-order valence-electron chi connectivity index (χ1n) is 4.62. The van der Waals surface area contributed by atoms with Gasteiger partial charge in [0.1, 0.15) is 0 Å². The lowest BCUT2D eigenvalue weighted by Crippen LogP contribution is -2.19. The molecule has 5 nitrogen and oxygen atoms in total. The maximum atomic E-state index is 11.4. The number of nitro groups is 1. The van der Waals surface area contributed by atoms with Crippen LogP contribution in [0.2, 0.25) is 0 Å². The molecule has 0 saturated heterocycles. The maximum absolute atomic E-state index is 11.4. The van der Waals surface area contributed by atoms with Crippen molar-refractivity contribution in [1.82, 2.24) is 0 Å². The fraction of sp³-hybridized carbons (Fsp3) is 0.300. The Morgan fingerprint density at radius 2 is 2.19 bits per heavy atom. The van der Waals surface area contributed by atoms with Gasteiger partial charge < -0.3 is 5.32 Å². The number of rotatable bonds is 3. The number of halogens is 1. The van der Waals surface area contributed by atoms with Crippen molar-refractivity contribution in [1.29, 1.82) is 0 Å². The summed E-state index contributed by atoms with van der Waals surface area (Å²) in [7, 11) is 0. The third kappa shape index (κ3) is 3.03. The van der Waals surface area contributed by atoms with Crippen molar-refractivity contribution in [3.8, 4) is 0 Å². The number of hydrogen-bond donors (Lipinski definition) is 1. The molecule has 1 atom stereocenters. The lowest BCUT2D eigenvalue weighted by Gasteiger charge is -2.07. The van der Waals surface area contributed by atoms with Crippen molar-refractivity contribution < 1.29 is 9.72 Å². The zero-order chi connectivity index (χ0) is 12.3. The molecule has 0 saturated carbocycles. The molecule has 0 fully saturated rings. The summed E-state index contributed by atoms with van der Waals surface area (Å²) in [6.45, 7) is 3.33. The third-order valence-corrected chi connectivity index (χ3v) is 2.45. The number of carbonyl (C=O) groups excluding carboxylic acids is 1. The van der Waals surface area contributed by atoms with Gasteiger partial charge in [0.25, 0.3) is 5.69 Å². The number of nitro benzene ring substituents is 1. The average Bonchev–Trinajstić information content (AvgIpc) is 2.20. The van der Waals surface area contributed by atoms with Gasteiger partial charge in [-0.3, -0.25) is 14.9 Å². The SMILES string of the molecule is Cc1ccc(NC(=O)[C@@H](C)Br)cc1[N+](=O)[O-]. The summed E-state index contributed by atoms with van der Waals surface area (Å²) in [5.41, 5.74) is 0.989. The van der Waals surface area contributed by atoms with Gasteiger partial charge in [0.05, 0.1) is 9.75 Å². The van der Waals surface area contributed by atoms with E-state index >= 15 is 0 Å². The van der Waals surface area contributed by atoms with E-state index in [9.17, 15) is 14.9 Å². The number of nitrogens with zero attached hydrogens (tertiary/aromatic N) is 1. The van der Waals surface area contributed by atoms with Crippen LogP contribution in [0.4, 0.5) is 11.4 Å². The van der Waals surface area contributed by atoms with Crippen LogP contribution in [0.3, 0.4) is 0 Å². The van der Waals surface area contributed by atoms with Crippen molar-refractivity contribution in [3.05, 3.63) is 33.9 Å². The minimum Gasteiger partial charge on any atom is -0.325 e. The van der Waals surface area contributed by atoms with Crippen molar-refractivity contribution in [2.24, 2.45) is 0 Å². The van der Waals surface area contributed by atoms with E-state index in [0.29, 0.717) is 11.3 Å². The fourth-order valence-corrected chi connectivity index (χ4v) is 1.24. The van der Waals surface area contributed by atoms with Gasteiger partial charge in [-0.2, -0.15) is 0 Å². The average molecular weight is 287 g/mol. The molecule has 0 aliphatic carbocycles. The number of hydrogen-bond acceptors (Lipinski definition) is 3. The molecule has 86 valence electrons. The predicted octanol–water partition coefficient (Wildman–Crippen LogP) is 2.63. The molecule has 0 radical (unpaired) electrons. The Bertz CT molecular complexity index is 432. The molecule has 0 bridgehead atoms. The van der Waals surface area contributed by atoms with Gasteiger partial charge in [0, 0.05) is 17.3 Å². The molecule has 1 N–H and O–H groups in total. The van der Waals surface area contributed by atoms with E-state index in [1.54, 1.807) is 26.0 Å². The number of alkyl halides is 1. The highest BCUT2D eigenvalue weighted by atomic mass is 79.9. The molecule has 0 aromatic heterocycles. The summed E-state index contributed by atoms with van der Waals surface area (Å²) in [4.78, 5) is 21.2. The summed E-state index contributed by atoms with van der Waals surface area (Å²) in [5.74, 6) is -0.238. The van der Waals surface area contributed by atoms with E-state index in [4.69, 9.17) is 0 Å². The first kappa shape index (κ1) is 12.6. The molecule has 1 aromatic carbocycles. The Balaban J connectivity index is 2.95. The van der Waals surface area contributed by atoms with Crippen molar-refractivity contribution in [2.45, 2.75) is 18.7 Å². The van der Waals surface area contributed by atoms with E-state index in [-0.39, 0.29) is 16.4 Å². The Morgan fingerprint density at radius 3 is 2.69 bits per heavy atom. The third-order valence-electron chi connectivity index (χ3n) is 2.03. The van der Waals surface area contributed by atoms with Crippen LogP contribution in [0, 0.1) is 17.0 Å². The zero-order valence-corrected chi connectivity index (χ0v) is 10.4. The van der Waals surface area contributed by atoms with Gasteiger partial charge >= 0.3 is 0 Å². The smallest absolute Gasteiger partial charge is 0.274 e. The molecular weight excluding hydrogens is 276 g/mol. The second-order valence-corrected chi connectivity index (χ2v) is 4.74. The lowest BCUT2D eigenvalue weighted by atomic mass is 10.2. The Labute approximate surface area is 101 Å². The molecule has 1 amide bonds. The van der Waals surface area contributed by atoms with E-state index < -0.39 is 4.92 Å². The van der Waals surface area contributed by atoms with Crippen LogP contribution in [-0.2, 0) is 4.79 Å². The van der Waals surface area contributed by atoms with Crippen LogP contribution in [0.15, 0.2) is 18.2 Å². The molecule has 1 aromatic rings. The number of aryl methyl sites for hydroxylation is 1. The molecule has 0 heterocycles. The number of amides is 1. The second kappa shape index (κ2) is 5.07. The number of carbonyl (C=O) groups is 1. The predicted molar refractivity (Wildman–Crippen MR) is 64.9 cm³/mol. The maximum Gasteiger partial charge on any atom is 0.274 e. The van der Waals surface area contributed by atoms with Crippen LogP contribution in [0.1, 0.15) is 12.5 Å². The normalized spacial score (nSPS) is 11.9. The number of nitrogens with one attached hydrogen (secondary N) is 1. The largest absolute Gasteiger partial charge is 0.325 e. The van der Waals surface area contributed by atoms with E-state index in [0.717, 1.165) is 0 Å². The van der Waals surface area contributed by atoms with E-state index in [1.165, 1.54) is 6.07 Å². The number of anilines is 1. The minimum absolute atomic E-state index is 0.0000236. The first-order chi connectivity index (χ1) is 7.41. The molecule has 0 aliphatic rings. The van der Waals surface area contributed by atoms with Gasteiger partial charge in [-0.15, -0.1) is 0 Å². The van der Waals surface area contributed by atoms with Crippen LogP contribution in [0.5, 0.6) is 0 Å². The highest BCUT2D eigenvalue weighted by Crippen LogP contribution is 2.22. The van der Waals surface area contributed by atoms with E-state index in [2.05, 4.69) is 21.2 Å². The first-order valence-corrected chi connectivity index (χ1v) is 5.53. The standard InChI is InChI=1S/C10H11BrN2O3/c1-6-3-4-8(5-9(6)13(15)16)12-10(14)7(2)11/h3-5,7H,1-2H3,(H,12,14)/t7-/m1/s1. The quantitative estimate of drug-likeness (QED) is 0.527. The molecular formula is C10H11BrN2O3. The Morgan fingerprint density at radius 1 is 1.56 bits per heavy atom. The number of benzene rings is 1. The summed E-state index contributed by atoms with van der Waals surface area (Å²) in [6.07, 6.45) is 0.